The lowest BCUT2D eigenvalue weighted by atomic mass is 9.92. The summed E-state index contributed by atoms with van der Waals surface area (Å²) >= 11 is 5.71. The average molecular weight is 449 g/mol. The summed E-state index contributed by atoms with van der Waals surface area (Å²) in [5, 5.41) is 8.41. The van der Waals surface area contributed by atoms with Crippen LogP contribution in [0.4, 0.5) is 0 Å². The lowest BCUT2D eigenvalue weighted by Crippen LogP contribution is -2.47. The van der Waals surface area contributed by atoms with E-state index < -0.39 is 0 Å². The number of thiocarbonyl (C=S) groups is 1. The summed E-state index contributed by atoms with van der Waals surface area (Å²) in [5.41, 5.74) is 7.57. The Hall–Kier alpha value is -3.03. The first kappa shape index (κ1) is 22.2. The zero-order valence-corrected chi connectivity index (χ0v) is 19.9. The van der Waals surface area contributed by atoms with E-state index in [0.717, 1.165) is 22.4 Å². The number of nitrogens with zero attached hydrogens (tertiary/aromatic N) is 3. The highest BCUT2D eigenvalue weighted by molar-refractivity contribution is 7.80. The molecule has 2 aromatic carbocycles. The molecule has 4 rings (SSSR count). The Balaban J connectivity index is 1.80. The van der Waals surface area contributed by atoms with Gasteiger partial charge in [-0.25, -0.2) is 0 Å². The van der Waals surface area contributed by atoms with Crippen molar-refractivity contribution in [2.45, 2.75) is 33.7 Å². The van der Waals surface area contributed by atoms with Gasteiger partial charge in [-0.3, -0.25) is 0 Å². The summed E-state index contributed by atoms with van der Waals surface area (Å²) in [7, 11) is 1.68. The van der Waals surface area contributed by atoms with Crippen LogP contribution in [0.25, 0.3) is 17.0 Å². The number of ether oxygens (including phenoxy) is 1. The van der Waals surface area contributed by atoms with Gasteiger partial charge in [-0.1, -0.05) is 53.2 Å². The number of benzene rings is 2. The van der Waals surface area contributed by atoms with Gasteiger partial charge >= 0.3 is 0 Å². The maximum Gasteiger partial charge on any atom is 0.258 e. The molecule has 2 heterocycles. The standard InChI is InChI=1S/C25H28N4O2S/c1-15-6-9-19(10-7-15)23-27-24(31-28-23)21-18(4)29(12-13-30-5)25(32)26-22(21)20-11-8-16(2)17(3)14-20/h6-11,14,22H,12-13H2,1-5H3,(H,26,32). The van der Waals surface area contributed by atoms with Crippen LogP contribution in [-0.4, -0.2) is 40.4 Å². The molecule has 6 nitrogen and oxygen atoms in total. The van der Waals surface area contributed by atoms with Gasteiger partial charge in [0.15, 0.2) is 5.11 Å². The van der Waals surface area contributed by atoms with Crippen molar-refractivity contribution in [3.63, 3.8) is 0 Å². The predicted molar refractivity (Wildman–Crippen MR) is 130 cm³/mol. The van der Waals surface area contributed by atoms with E-state index in [9.17, 15) is 0 Å². The van der Waals surface area contributed by atoms with Crippen molar-refractivity contribution in [3.8, 4) is 11.4 Å². The van der Waals surface area contributed by atoms with Gasteiger partial charge in [-0.15, -0.1) is 0 Å². The fourth-order valence-electron chi connectivity index (χ4n) is 3.86. The SMILES string of the molecule is COCCN1C(=S)NC(c2ccc(C)c(C)c2)C(c2nc(-c3ccc(C)cc3)no2)=C1C. The van der Waals surface area contributed by atoms with Gasteiger partial charge in [0.2, 0.25) is 5.82 Å². The fraction of sp³-hybridized carbons (Fsp3) is 0.320. The van der Waals surface area contributed by atoms with E-state index in [-0.39, 0.29) is 6.04 Å². The predicted octanol–water partition coefficient (Wildman–Crippen LogP) is 4.97. The van der Waals surface area contributed by atoms with Gasteiger partial charge in [0.1, 0.15) is 0 Å². The normalized spacial score (nSPS) is 16.5. The number of aromatic nitrogens is 2. The molecule has 3 aromatic rings. The van der Waals surface area contributed by atoms with E-state index >= 15 is 0 Å². The minimum atomic E-state index is -0.188. The van der Waals surface area contributed by atoms with E-state index in [4.69, 9.17) is 26.5 Å². The van der Waals surface area contributed by atoms with Crippen LogP contribution in [0.5, 0.6) is 0 Å². The molecule has 0 radical (unpaired) electrons. The van der Waals surface area contributed by atoms with Crippen molar-refractivity contribution in [1.82, 2.24) is 20.4 Å². The molecule has 7 heteroatoms. The van der Waals surface area contributed by atoms with Crippen molar-refractivity contribution in [3.05, 3.63) is 76.3 Å². The molecule has 0 bridgehead atoms. The van der Waals surface area contributed by atoms with Gasteiger partial charge < -0.3 is 19.5 Å². The smallest absolute Gasteiger partial charge is 0.258 e. The molecule has 0 spiro atoms. The third kappa shape index (κ3) is 4.31. The van der Waals surface area contributed by atoms with Crippen molar-refractivity contribution >= 4 is 22.9 Å². The van der Waals surface area contributed by atoms with E-state index in [1.807, 2.05) is 36.1 Å². The Morgan fingerprint density at radius 2 is 1.81 bits per heavy atom. The second kappa shape index (κ2) is 9.22. The van der Waals surface area contributed by atoms with Crippen LogP contribution in [0.2, 0.25) is 0 Å². The van der Waals surface area contributed by atoms with Crippen LogP contribution in [0.1, 0.15) is 41.1 Å². The molecule has 1 aliphatic heterocycles. The van der Waals surface area contributed by atoms with E-state index in [0.29, 0.717) is 30.0 Å². The molecule has 0 aliphatic carbocycles. The van der Waals surface area contributed by atoms with Crippen molar-refractivity contribution < 1.29 is 9.26 Å². The average Bonchev–Trinajstić information content (AvgIpc) is 3.25. The van der Waals surface area contributed by atoms with Crippen molar-refractivity contribution in [2.75, 3.05) is 20.3 Å². The molecule has 1 aromatic heterocycles. The van der Waals surface area contributed by atoms with Gasteiger partial charge in [0.05, 0.1) is 18.2 Å². The molecule has 0 fully saturated rings. The van der Waals surface area contributed by atoms with Crippen molar-refractivity contribution in [2.24, 2.45) is 0 Å². The minimum Gasteiger partial charge on any atom is -0.383 e. The highest BCUT2D eigenvalue weighted by Crippen LogP contribution is 2.37. The van der Waals surface area contributed by atoms with Gasteiger partial charge in [0.25, 0.3) is 5.89 Å². The maximum atomic E-state index is 5.79. The first-order valence-corrected chi connectivity index (χ1v) is 11.1. The van der Waals surface area contributed by atoms with Crippen molar-refractivity contribution in [1.29, 1.82) is 0 Å². The molecule has 1 unspecified atom stereocenters. The second-order valence-corrected chi connectivity index (χ2v) is 8.55. The summed E-state index contributed by atoms with van der Waals surface area (Å²) in [5.74, 6) is 1.05. The van der Waals surface area contributed by atoms with Crippen LogP contribution in [-0.2, 0) is 4.74 Å². The summed E-state index contributed by atoms with van der Waals surface area (Å²) in [6.07, 6.45) is 0. The summed E-state index contributed by atoms with van der Waals surface area (Å²) in [6.45, 7) is 9.51. The molecule has 0 saturated heterocycles. The van der Waals surface area contributed by atoms with Crippen LogP contribution >= 0.6 is 12.2 Å². The molecule has 32 heavy (non-hydrogen) atoms. The quantitative estimate of drug-likeness (QED) is 0.534. The lowest BCUT2D eigenvalue weighted by Gasteiger charge is -2.37. The largest absolute Gasteiger partial charge is 0.383 e. The topological polar surface area (TPSA) is 63.4 Å². The Morgan fingerprint density at radius 3 is 2.50 bits per heavy atom. The number of allylic oxidation sites excluding steroid dienone is 1. The second-order valence-electron chi connectivity index (χ2n) is 8.16. The molecule has 0 saturated carbocycles. The number of hydrogen-bond donors (Lipinski definition) is 1. The molecule has 1 aliphatic rings. The van der Waals surface area contributed by atoms with Crippen LogP contribution in [0.15, 0.2) is 52.7 Å². The Morgan fingerprint density at radius 1 is 1.06 bits per heavy atom. The van der Waals surface area contributed by atoms with E-state index in [2.05, 4.69) is 49.4 Å². The molecule has 166 valence electrons. The Labute approximate surface area is 194 Å². The zero-order chi connectivity index (χ0) is 22.8. The maximum absolute atomic E-state index is 5.79. The van der Waals surface area contributed by atoms with Gasteiger partial charge in [-0.2, -0.15) is 4.98 Å². The number of nitrogens with one attached hydrogen (secondary N) is 1. The third-order valence-electron chi connectivity index (χ3n) is 5.95. The Kier molecular flexibility index (Phi) is 6.39. The molecule has 0 amide bonds. The molecule has 1 N–H and O–H groups in total. The van der Waals surface area contributed by atoms with E-state index in [1.54, 1.807) is 7.11 Å². The lowest BCUT2D eigenvalue weighted by molar-refractivity contribution is 0.183. The first-order chi connectivity index (χ1) is 15.4. The highest BCUT2D eigenvalue weighted by Gasteiger charge is 2.34. The zero-order valence-electron chi connectivity index (χ0n) is 19.1. The highest BCUT2D eigenvalue weighted by atomic mass is 32.1. The summed E-state index contributed by atoms with van der Waals surface area (Å²) in [4.78, 5) is 6.79. The Bertz CT molecular complexity index is 1170. The molecular weight excluding hydrogens is 420 g/mol. The first-order valence-electron chi connectivity index (χ1n) is 10.6. The van der Waals surface area contributed by atoms with Gasteiger partial charge in [0, 0.05) is 24.9 Å². The van der Waals surface area contributed by atoms with E-state index in [1.165, 1.54) is 16.7 Å². The van der Waals surface area contributed by atoms with Crippen LogP contribution < -0.4 is 5.32 Å². The molecular formula is C25H28N4O2S. The monoisotopic (exact) mass is 448 g/mol. The fourth-order valence-corrected chi connectivity index (χ4v) is 4.20. The third-order valence-corrected chi connectivity index (χ3v) is 6.28. The summed E-state index contributed by atoms with van der Waals surface area (Å²) < 4.78 is 11.1. The number of aryl methyl sites for hydroxylation is 3. The number of hydrogen-bond acceptors (Lipinski definition) is 5. The van der Waals surface area contributed by atoms with Crippen LogP contribution in [0.3, 0.4) is 0 Å². The number of rotatable bonds is 6. The van der Waals surface area contributed by atoms with Crippen LogP contribution in [0, 0.1) is 20.8 Å². The minimum absolute atomic E-state index is 0.188. The number of methoxy groups -OCH3 is 1. The van der Waals surface area contributed by atoms with Gasteiger partial charge in [-0.05, 0) is 56.6 Å². The summed E-state index contributed by atoms with van der Waals surface area (Å²) in [6, 6.07) is 14.3. The molecule has 1 atom stereocenters.